The average Bonchev–Trinajstić information content (AvgIpc) is 2.62. The van der Waals surface area contributed by atoms with Crippen molar-refractivity contribution in [3.05, 3.63) is 63.7 Å². The first kappa shape index (κ1) is 17.9. The SMILES string of the molecule is CNc1cc(F)cc2c(O)c(C(=O)Nc3ccc(C(=N)N)cc3)c(=O)[nH]c12. The summed E-state index contributed by atoms with van der Waals surface area (Å²) in [6, 6.07) is 8.24. The molecule has 0 saturated heterocycles. The van der Waals surface area contributed by atoms with E-state index in [2.05, 4.69) is 15.6 Å². The van der Waals surface area contributed by atoms with Gasteiger partial charge in [-0.25, -0.2) is 4.39 Å². The second-order valence-electron chi connectivity index (χ2n) is 5.75. The molecule has 7 N–H and O–H groups in total. The molecular weight excluding hydrogens is 353 g/mol. The van der Waals surface area contributed by atoms with E-state index in [1.165, 1.54) is 31.3 Å². The summed E-state index contributed by atoms with van der Waals surface area (Å²) in [6.45, 7) is 0. The summed E-state index contributed by atoms with van der Waals surface area (Å²) in [5, 5.41) is 23.0. The van der Waals surface area contributed by atoms with E-state index in [-0.39, 0.29) is 22.4 Å². The van der Waals surface area contributed by atoms with Gasteiger partial charge >= 0.3 is 0 Å². The maximum Gasteiger partial charge on any atom is 0.265 e. The number of hydrogen-bond acceptors (Lipinski definition) is 5. The average molecular weight is 369 g/mol. The number of halogens is 1. The van der Waals surface area contributed by atoms with E-state index in [1.807, 2.05) is 0 Å². The minimum absolute atomic E-state index is 0.00368. The van der Waals surface area contributed by atoms with Gasteiger partial charge in [-0.2, -0.15) is 0 Å². The second kappa shape index (κ2) is 6.79. The number of anilines is 2. The van der Waals surface area contributed by atoms with Gasteiger partial charge in [-0.1, -0.05) is 0 Å². The van der Waals surface area contributed by atoms with Gasteiger partial charge in [-0.05, 0) is 36.4 Å². The molecule has 0 unspecified atom stereocenters. The molecule has 138 valence electrons. The lowest BCUT2D eigenvalue weighted by Gasteiger charge is -2.11. The van der Waals surface area contributed by atoms with Crippen molar-refractivity contribution in [2.45, 2.75) is 0 Å². The van der Waals surface area contributed by atoms with E-state index in [1.54, 1.807) is 0 Å². The fourth-order valence-electron chi connectivity index (χ4n) is 2.68. The fraction of sp³-hybridized carbons (Fsp3) is 0.0556. The zero-order chi connectivity index (χ0) is 19.7. The highest BCUT2D eigenvalue weighted by Gasteiger charge is 2.21. The van der Waals surface area contributed by atoms with E-state index >= 15 is 0 Å². The van der Waals surface area contributed by atoms with Crippen molar-refractivity contribution in [3.8, 4) is 5.75 Å². The number of aromatic hydroxyl groups is 1. The molecule has 0 radical (unpaired) electrons. The molecule has 0 atom stereocenters. The summed E-state index contributed by atoms with van der Waals surface area (Å²) >= 11 is 0. The molecule has 27 heavy (non-hydrogen) atoms. The number of amidine groups is 1. The largest absolute Gasteiger partial charge is 0.506 e. The number of aromatic amines is 1. The highest BCUT2D eigenvalue weighted by molar-refractivity contribution is 6.10. The zero-order valence-electron chi connectivity index (χ0n) is 14.2. The van der Waals surface area contributed by atoms with Crippen LogP contribution in [0.4, 0.5) is 15.8 Å². The topological polar surface area (TPSA) is 144 Å². The van der Waals surface area contributed by atoms with E-state index < -0.39 is 28.6 Å². The van der Waals surface area contributed by atoms with Crippen molar-refractivity contribution in [2.75, 3.05) is 17.7 Å². The molecule has 0 spiro atoms. The number of nitrogen functional groups attached to an aromatic ring is 1. The third kappa shape index (κ3) is 3.30. The summed E-state index contributed by atoms with van der Waals surface area (Å²) in [4.78, 5) is 27.3. The number of aromatic nitrogens is 1. The normalized spacial score (nSPS) is 10.6. The van der Waals surface area contributed by atoms with Gasteiger partial charge in [0, 0.05) is 23.7 Å². The fourth-order valence-corrected chi connectivity index (χ4v) is 2.68. The number of carbonyl (C=O) groups excluding carboxylic acids is 1. The number of benzene rings is 2. The first-order chi connectivity index (χ1) is 12.8. The number of nitrogens with two attached hydrogens (primary N) is 1. The van der Waals surface area contributed by atoms with Crippen LogP contribution in [-0.4, -0.2) is 28.9 Å². The van der Waals surface area contributed by atoms with Gasteiger partial charge in [0.1, 0.15) is 23.0 Å². The van der Waals surface area contributed by atoms with Gasteiger partial charge in [-0.3, -0.25) is 15.0 Å². The Kier molecular flexibility index (Phi) is 4.51. The van der Waals surface area contributed by atoms with Gasteiger partial charge in [-0.15, -0.1) is 0 Å². The minimum Gasteiger partial charge on any atom is -0.506 e. The second-order valence-corrected chi connectivity index (χ2v) is 5.75. The molecule has 0 saturated carbocycles. The molecule has 1 amide bonds. The standard InChI is InChI=1S/C18H16FN5O3/c1-22-12-7-9(19)6-11-14(12)24-18(27)13(15(11)25)17(26)23-10-4-2-8(3-5-10)16(20)21/h2-7,22H,1H3,(H3,20,21)(H,23,26)(H2,24,25,27). The van der Waals surface area contributed by atoms with Gasteiger partial charge in [0.2, 0.25) is 0 Å². The van der Waals surface area contributed by atoms with Gasteiger partial charge < -0.3 is 26.5 Å². The summed E-state index contributed by atoms with van der Waals surface area (Å²) in [5.41, 5.74) is 5.26. The number of H-pyrrole nitrogens is 1. The molecule has 3 rings (SSSR count). The van der Waals surface area contributed by atoms with Crippen molar-refractivity contribution in [1.82, 2.24) is 4.98 Å². The number of nitrogens with one attached hydrogen (secondary N) is 4. The summed E-state index contributed by atoms with van der Waals surface area (Å²) < 4.78 is 13.8. The van der Waals surface area contributed by atoms with Gasteiger partial charge in [0.05, 0.1) is 11.2 Å². The number of carbonyl (C=O) groups is 1. The Bertz CT molecular complexity index is 1120. The van der Waals surface area contributed by atoms with Gasteiger partial charge in [0.15, 0.2) is 0 Å². The summed E-state index contributed by atoms with van der Waals surface area (Å²) in [7, 11) is 1.54. The highest BCUT2D eigenvalue weighted by Crippen LogP contribution is 2.30. The lowest BCUT2D eigenvalue weighted by Crippen LogP contribution is -2.23. The number of pyridine rings is 1. The smallest absolute Gasteiger partial charge is 0.265 e. The van der Waals surface area contributed by atoms with Crippen LogP contribution in [0.2, 0.25) is 0 Å². The van der Waals surface area contributed by atoms with Crippen LogP contribution in [-0.2, 0) is 0 Å². The quantitative estimate of drug-likeness (QED) is 0.308. The first-order valence-corrected chi connectivity index (χ1v) is 7.84. The molecule has 0 bridgehead atoms. The molecule has 0 aliphatic heterocycles. The molecule has 1 heterocycles. The molecule has 8 nitrogen and oxygen atoms in total. The Labute approximate surface area is 152 Å². The van der Waals surface area contributed by atoms with Crippen LogP contribution in [0, 0.1) is 11.2 Å². The van der Waals surface area contributed by atoms with Gasteiger partial charge in [0.25, 0.3) is 11.5 Å². The lowest BCUT2D eigenvalue weighted by atomic mass is 10.1. The summed E-state index contributed by atoms with van der Waals surface area (Å²) in [6.07, 6.45) is 0. The van der Waals surface area contributed by atoms with Crippen molar-refractivity contribution >= 4 is 34.0 Å². The van der Waals surface area contributed by atoms with Crippen molar-refractivity contribution in [3.63, 3.8) is 0 Å². The van der Waals surface area contributed by atoms with Crippen LogP contribution in [0.3, 0.4) is 0 Å². The van der Waals surface area contributed by atoms with E-state index in [0.717, 1.165) is 12.1 Å². The molecular formula is C18H16FN5O3. The van der Waals surface area contributed by atoms with Crippen LogP contribution in [0.1, 0.15) is 15.9 Å². The first-order valence-electron chi connectivity index (χ1n) is 7.84. The van der Waals surface area contributed by atoms with Crippen LogP contribution in [0.5, 0.6) is 5.75 Å². The Morgan fingerprint density at radius 1 is 1.26 bits per heavy atom. The number of hydrogen-bond donors (Lipinski definition) is 6. The Balaban J connectivity index is 2.04. The molecule has 9 heteroatoms. The molecule has 2 aromatic carbocycles. The monoisotopic (exact) mass is 369 g/mol. The number of amides is 1. The minimum atomic E-state index is -0.860. The molecule has 0 fully saturated rings. The van der Waals surface area contributed by atoms with Crippen molar-refractivity contribution in [1.29, 1.82) is 5.41 Å². The Hall–Kier alpha value is -3.88. The molecule has 1 aromatic heterocycles. The van der Waals surface area contributed by atoms with Crippen LogP contribution in [0.25, 0.3) is 10.9 Å². The van der Waals surface area contributed by atoms with Crippen LogP contribution < -0.4 is 21.9 Å². The number of fused-ring (bicyclic) bond motifs is 1. The summed E-state index contributed by atoms with van der Waals surface area (Å²) in [5.74, 6) is -2.25. The third-order valence-corrected chi connectivity index (χ3v) is 4.01. The zero-order valence-corrected chi connectivity index (χ0v) is 14.2. The number of rotatable bonds is 4. The van der Waals surface area contributed by atoms with Crippen molar-refractivity contribution in [2.24, 2.45) is 5.73 Å². The predicted molar refractivity (Wildman–Crippen MR) is 101 cm³/mol. The molecule has 0 aliphatic rings. The lowest BCUT2D eigenvalue weighted by molar-refractivity contribution is 0.102. The van der Waals surface area contributed by atoms with Crippen LogP contribution >= 0.6 is 0 Å². The van der Waals surface area contributed by atoms with Crippen LogP contribution in [0.15, 0.2) is 41.2 Å². The third-order valence-electron chi connectivity index (χ3n) is 4.01. The van der Waals surface area contributed by atoms with E-state index in [0.29, 0.717) is 11.3 Å². The highest BCUT2D eigenvalue weighted by atomic mass is 19.1. The molecule has 3 aromatic rings. The maximum atomic E-state index is 13.8. The maximum absolute atomic E-state index is 13.8. The van der Waals surface area contributed by atoms with Crippen molar-refractivity contribution < 1.29 is 14.3 Å². The van der Waals surface area contributed by atoms with E-state index in [9.17, 15) is 19.1 Å². The Morgan fingerprint density at radius 3 is 2.52 bits per heavy atom. The predicted octanol–water partition coefficient (Wildman–Crippen LogP) is 1.95. The Morgan fingerprint density at radius 2 is 1.93 bits per heavy atom. The van der Waals surface area contributed by atoms with E-state index in [4.69, 9.17) is 11.1 Å². The molecule has 0 aliphatic carbocycles.